The quantitative estimate of drug-likeness (QED) is 0.647. The van der Waals surface area contributed by atoms with E-state index in [1.807, 2.05) is 6.07 Å². The van der Waals surface area contributed by atoms with Crippen LogP contribution in [0.15, 0.2) is 18.3 Å². The zero-order chi connectivity index (χ0) is 13.5. The number of amides is 1. The van der Waals surface area contributed by atoms with Crippen molar-refractivity contribution in [2.75, 3.05) is 6.61 Å². The molecule has 94 valence electrons. The monoisotopic (exact) mass is 249 g/mol. The van der Waals surface area contributed by atoms with E-state index in [0.29, 0.717) is 5.56 Å². The predicted molar refractivity (Wildman–Crippen MR) is 59.5 cm³/mol. The van der Waals surface area contributed by atoms with E-state index in [1.54, 1.807) is 0 Å². The molecule has 0 aliphatic carbocycles. The fourth-order valence-electron chi connectivity index (χ4n) is 1.21. The summed E-state index contributed by atoms with van der Waals surface area (Å²) in [5.41, 5.74) is 0.315. The highest BCUT2D eigenvalue weighted by atomic mass is 16.4. The van der Waals surface area contributed by atoms with E-state index in [2.05, 4.69) is 10.3 Å². The van der Waals surface area contributed by atoms with Crippen LogP contribution < -0.4 is 5.32 Å². The Labute approximate surface area is 103 Å². The number of aromatic nitrogens is 1. The van der Waals surface area contributed by atoms with Crippen LogP contribution in [-0.2, 0) is 4.79 Å². The van der Waals surface area contributed by atoms with E-state index in [9.17, 15) is 9.59 Å². The van der Waals surface area contributed by atoms with Crippen molar-refractivity contribution in [3.63, 3.8) is 0 Å². The Morgan fingerprint density at radius 2 is 2.22 bits per heavy atom. The second kappa shape index (κ2) is 6.32. The highest BCUT2D eigenvalue weighted by molar-refractivity contribution is 5.94. The molecule has 1 aromatic rings. The van der Waals surface area contributed by atoms with Crippen LogP contribution in [0.5, 0.6) is 0 Å². The van der Waals surface area contributed by atoms with Gasteiger partial charge in [0.1, 0.15) is 17.8 Å². The molecule has 0 fully saturated rings. The molecule has 1 aromatic heterocycles. The van der Waals surface area contributed by atoms with Gasteiger partial charge in [-0.25, -0.2) is 9.78 Å². The van der Waals surface area contributed by atoms with Crippen molar-refractivity contribution < 1.29 is 19.8 Å². The number of hydrogen-bond donors (Lipinski definition) is 3. The first kappa shape index (κ1) is 13.6. The van der Waals surface area contributed by atoms with Crippen molar-refractivity contribution in [3.05, 3.63) is 29.6 Å². The number of hydrogen-bond acceptors (Lipinski definition) is 5. The molecule has 1 rings (SSSR count). The predicted octanol–water partition coefficient (Wildman–Crippen LogP) is -0.481. The molecule has 1 heterocycles. The minimum Gasteiger partial charge on any atom is -0.480 e. The summed E-state index contributed by atoms with van der Waals surface area (Å²) in [4.78, 5) is 26.1. The minimum absolute atomic E-state index is 0.0122. The Hall–Kier alpha value is -2.46. The van der Waals surface area contributed by atoms with Gasteiger partial charge in [-0.05, 0) is 12.1 Å². The van der Waals surface area contributed by atoms with Gasteiger partial charge in [0.25, 0.3) is 5.91 Å². The van der Waals surface area contributed by atoms with Crippen LogP contribution in [-0.4, -0.2) is 39.7 Å². The Kier molecular flexibility index (Phi) is 4.78. The van der Waals surface area contributed by atoms with Gasteiger partial charge < -0.3 is 15.5 Å². The first-order valence-electron chi connectivity index (χ1n) is 5.09. The normalized spacial score (nSPS) is 11.3. The lowest BCUT2D eigenvalue weighted by Crippen LogP contribution is -2.41. The zero-order valence-electron chi connectivity index (χ0n) is 9.33. The number of aliphatic carboxylic acids is 1. The van der Waals surface area contributed by atoms with Gasteiger partial charge in [-0.3, -0.25) is 4.79 Å². The topological polar surface area (TPSA) is 123 Å². The van der Waals surface area contributed by atoms with Crippen molar-refractivity contribution in [3.8, 4) is 6.07 Å². The molecular weight excluding hydrogens is 238 g/mol. The molecule has 1 atom stereocenters. The summed E-state index contributed by atoms with van der Waals surface area (Å²) in [6, 6.07) is 3.42. The molecule has 1 amide bonds. The van der Waals surface area contributed by atoms with Crippen LogP contribution in [0, 0.1) is 11.3 Å². The molecule has 0 radical (unpaired) electrons. The maximum Gasteiger partial charge on any atom is 0.326 e. The number of carboxylic acid groups (broad SMARTS) is 1. The first-order chi connectivity index (χ1) is 8.58. The molecule has 0 aliphatic heterocycles. The molecule has 0 aromatic carbocycles. The van der Waals surface area contributed by atoms with Crippen LogP contribution >= 0.6 is 0 Å². The van der Waals surface area contributed by atoms with Gasteiger partial charge in [0.05, 0.1) is 5.56 Å². The van der Waals surface area contributed by atoms with E-state index in [-0.39, 0.29) is 18.7 Å². The van der Waals surface area contributed by atoms with Crippen LogP contribution in [0.4, 0.5) is 0 Å². The van der Waals surface area contributed by atoms with E-state index in [0.717, 1.165) is 0 Å². The Morgan fingerprint density at radius 1 is 1.50 bits per heavy atom. The molecule has 0 spiro atoms. The van der Waals surface area contributed by atoms with Gasteiger partial charge in [0, 0.05) is 19.2 Å². The lowest BCUT2D eigenvalue weighted by molar-refractivity contribution is -0.139. The fraction of sp³-hybridized carbons (Fsp3) is 0.273. The third-order valence-electron chi connectivity index (χ3n) is 2.15. The van der Waals surface area contributed by atoms with Crippen molar-refractivity contribution in [2.45, 2.75) is 12.5 Å². The van der Waals surface area contributed by atoms with Gasteiger partial charge in [0.2, 0.25) is 0 Å². The third kappa shape index (κ3) is 3.54. The van der Waals surface area contributed by atoms with Crippen LogP contribution in [0.3, 0.4) is 0 Å². The number of nitrogens with one attached hydrogen (secondary N) is 1. The lowest BCUT2D eigenvalue weighted by Gasteiger charge is -2.12. The van der Waals surface area contributed by atoms with Gasteiger partial charge in [0.15, 0.2) is 0 Å². The molecule has 7 heteroatoms. The molecule has 18 heavy (non-hydrogen) atoms. The lowest BCUT2D eigenvalue weighted by atomic mass is 10.2. The molecule has 7 nitrogen and oxygen atoms in total. The molecule has 0 aliphatic rings. The van der Waals surface area contributed by atoms with E-state index >= 15 is 0 Å². The highest BCUT2D eigenvalue weighted by Crippen LogP contribution is 2.00. The molecular formula is C11H11N3O4. The molecule has 0 bridgehead atoms. The van der Waals surface area contributed by atoms with Crippen molar-refractivity contribution in [1.29, 1.82) is 5.26 Å². The summed E-state index contributed by atoms with van der Waals surface area (Å²) in [7, 11) is 0. The second-order valence-corrected chi connectivity index (χ2v) is 3.42. The zero-order valence-corrected chi connectivity index (χ0v) is 9.33. The number of carboxylic acids is 1. The van der Waals surface area contributed by atoms with Gasteiger partial charge in [-0.15, -0.1) is 0 Å². The average Bonchev–Trinajstić information content (AvgIpc) is 2.38. The van der Waals surface area contributed by atoms with Crippen molar-refractivity contribution >= 4 is 11.9 Å². The molecule has 0 unspecified atom stereocenters. The largest absolute Gasteiger partial charge is 0.480 e. The Bertz CT molecular complexity index is 478. The smallest absolute Gasteiger partial charge is 0.326 e. The Morgan fingerprint density at radius 3 is 2.67 bits per heavy atom. The first-order valence-corrected chi connectivity index (χ1v) is 5.09. The minimum atomic E-state index is -1.23. The third-order valence-corrected chi connectivity index (χ3v) is 2.15. The van der Waals surface area contributed by atoms with Crippen LogP contribution in [0.1, 0.15) is 22.5 Å². The number of aliphatic hydroxyl groups excluding tert-OH is 1. The van der Waals surface area contributed by atoms with Crippen molar-refractivity contribution in [1.82, 2.24) is 10.3 Å². The van der Waals surface area contributed by atoms with Crippen LogP contribution in [0.25, 0.3) is 0 Å². The average molecular weight is 249 g/mol. The standard InChI is InChI=1S/C11H11N3O4/c12-5-7-1-2-8(13-6-7)10(16)14-9(3-4-15)11(17)18/h1-2,6,9,15H,3-4H2,(H,14,16)(H,17,18)/t9-/m0/s1. The second-order valence-electron chi connectivity index (χ2n) is 3.42. The fourth-order valence-corrected chi connectivity index (χ4v) is 1.21. The summed E-state index contributed by atoms with van der Waals surface area (Å²) in [5.74, 6) is -1.90. The van der Waals surface area contributed by atoms with E-state index in [1.165, 1.54) is 18.3 Å². The number of nitriles is 1. The number of rotatable bonds is 5. The van der Waals surface area contributed by atoms with Gasteiger partial charge >= 0.3 is 5.97 Å². The number of nitrogens with zero attached hydrogens (tertiary/aromatic N) is 2. The highest BCUT2D eigenvalue weighted by Gasteiger charge is 2.20. The summed E-state index contributed by atoms with van der Waals surface area (Å²) in [6.45, 7) is -0.349. The molecule has 0 saturated heterocycles. The Balaban J connectivity index is 2.74. The van der Waals surface area contributed by atoms with Crippen LogP contribution in [0.2, 0.25) is 0 Å². The maximum atomic E-state index is 11.6. The summed E-state index contributed by atoms with van der Waals surface area (Å²) in [6.07, 6.45) is 1.13. The summed E-state index contributed by atoms with van der Waals surface area (Å²) >= 11 is 0. The number of aliphatic hydroxyl groups is 1. The van der Waals surface area contributed by atoms with E-state index in [4.69, 9.17) is 15.5 Å². The summed E-state index contributed by atoms with van der Waals surface area (Å²) < 4.78 is 0. The van der Waals surface area contributed by atoms with Gasteiger partial charge in [-0.1, -0.05) is 0 Å². The number of carbonyl (C=O) groups is 2. The van der Waals surface area contributed by atoms with Gasteiger partial charge in [-0.2, -0.15) is 5.26 Å². The summed E-state index contributed by atoms with van der Waals surface area (Å²) in [5, 5.41) is 28.3. The molecule has 0 saturated carbocycles. The maximum absolute atomic E-state index is 11.6. The SMILES string of the molecule is N#Cc1ccc(C(=O)N[C@@H](CCO)C(=O)O)nc1. The van der Waals surface area contributed by atoms with Crippen molar-refractivity contribution in [2.24, 2.45) is 0 Å². The number of carbonyl (C=O) groups excluding carboxylic acids is 1. The van der Waals surface area contributed by atoms with E-state index < -0.39 is 17.9 Å². The number of pyridine rings is 1. The molecule has 3 N–H and O–H groups in total.